The highest BCUT2D eigenvalue weighted by molar-refractivity contribution is 8.00. The highest BCUT2D eigenvalue weighted by atomic mass is 32.2. The second-order valence-electron chi connectivity index (χ2n) is 9.08. The molecule has 0 bridgehead atoms. The van der Waals surface area contributed by atoms with Gasteiger partial charge < -0.3 is 14.5 Å². The standard InChI is InChI=1S/C33H31N3O3S/c1-4-29(32(37)36(25-11-7-5-8-12-25)26-13-9-6-10-14-26)40-33-34-30(23-15-19-27(38-2)20-16-23)31(35-33)24-17-21-28(39-3)22-18-24/h5-22,29H,4H2,1-3H3,(H,34,35). The Morgan fingerprint density at radius 2 is 1.27 bits per heavy atom. The summed E-state index contributed by atoms with van der Waals surface area (Å²) in [6.45, 7) is 2.03. The number of nitrogens with zero attached hydrogens (tertiary/aromatic N) is 2. The molecule has 0 aliphatic rings. The van der Waals surface area contributed by atoms with Crippen molar-refractivity contribution in [3.8, 4) is 34.0 Å². The van der Waals surface area contributed by atoms with E-state index < -0.39 is 0 Å². The van der Waals surface area contributed by atoms with Crippen molar-refractivity contribution >= 4 is 29.0 Å². The third-order valence-electron chi connectivity index (χ3n) is 6.57. The van der Waals surface area contributed by atoms with Gasteiger partial charge in [0.1, 0.15) is 11.5 Å². The van der Waals surface area contributed by atoms with Gasteiger partial charge in [-0.1, -0.05) is 55.1 Å². The topological polar surface area (TPSA) is 67.5 Å². The van der Waals surface area contributed by atoms with E-state index in [2.05, 4.69) is 4.98 Å². The Morgan fingerprint density at radius 1 is 0.775 bits per heavy atom. The largest absolute Gasteiger partial charge is 0.497 e. The molecule has 1 amide bonds. The van der Waals surface area contributed by atoms with E-state index in [9.17, 15) is 4.79 Å². The van der Waals surface area contributed by atoms with Crippen LogP contribution in [0, 0.1) is 0 Å². The third-order valence-corrected chi connectivity index (χ3v) is 7.81. The number of anilines is 2. The van der Waals surface area contributed by atoms with E-state index in [1.165, 1.54) is 11.8 Å². The van der Waals surface area contributed by atoms with Crippen LogP contribution >= 0.6 is 11.8 Å². The molecular formula is C33H31N3O3S. The molecule has 1 aromatic heterocycles. The van der Waals surface area contributed by atoms with Gasteiger partial charge in [0.05, 0.1) is 30.9 Å². The van der Waals surface area contributed by atoms with Crippen LogP contribution in [-0.4, -0.2) is 35.3 Å². The van der Waals surface area contributed by atoms with E-state index in [-0.39, 0.29) is 11.2 Å². The first kappa shape index (κ1) is 27.1. The maximum Gasteiger partial charge on any atom is 0.245 e. The lowest BCUT2D eigenvalue weighted by Gasteiger charge is -2.26. The summed E-state index contributed by atoms with van der Waals surface area (Å²) >= 11 is 1.45. The summed E-state index contributed by atoms with van der Waals surface area (Å²) in [4.78, 5) is 24.4. The molecule has 0 aliphatic carbocycles. The molecule has 5 rings (SSSR count). The summed E-state index contributed by atoms with van der Waals surface area (Å²) in [5, 5.41) is 0.317. The third kappa shape index (κ3) is 5.90. The lowest BCUT2D eigenvalue weighted by atomic mass is 10.0. The molecule has 0 spiro atoms. The molecule has 0 saturated heterocycles. The van der Waals surface area contributed by atoms with Crippen LogP contribution in [0.3, 0.4) is 0 Å². The first-order chi connectivity index (χ1) is 19.6. The molecule has 0 saturated carbocycles. The van der Waals surface area contributed by atoms with Gasteiger partial charge >= 0.3 is 0 Å². The van der Waals surface area contributed by atoms with Crippen LogP contribution in [0.5, 0.6) is 11.5 Å². The van der Waals surface area contributed by atoms with Gasteiger partial charge in [0, 0.05) is 22.5 Å². The number of hydrogen-bond donors (Lipinski definition) is 1. The first-order valence-corrected chi connectivity index (χ1v) is 14.0. The summed E-state index contributed by atoms with van der Waals surface area (Å²) in [7, 11) is 3.30. The molecule has 40 heavy (non-hydrogen) atoms. The summed E-state index contributed by atoms with van der Waals surface area (Å²) in [5.74, 6) is 1.55. The van der Waals surface area contributed by atoms with Crippen molar-refractivity contribution in [1.82, 2.24) is 9.97 Å². The fourth-order valence-corrected chi connectivity index (χ4v) is 5.42. The van der Waals surface area contributed by atoms with Crippen molar-refractivity contribution in [3.05, 3.63) is 109 Å². The van der Waals surface area contributed by atoms with Crippen LogP contribution in [0.1, 0.15) is 13.3 Å². The predicted octanol–water partition coefficient (Wildman–Crippen LogP) is 8.00. The van der Waals surface area contributed by atoms with E-state index in [4.69, 9.17) is 14.5 Å². The number of hydrogen-bond acceptors (Lipinski definition) is 5. The zero-order chi connectivity index (χ0) is 27.9. The number of carbonyl (C=O) groups is 1. The van der Waals surface area contributed by atoms with Gasteiger partial charge in [0.2, 0.25) is 5.91 Å². The Morgan fingerprint density at radius 3 is 1.75 bits per heavy atom. The molecule has 6 nitrogen and oxygen atoms in total. The van der Waals surface area contributed by atoms with Crippen LogP contribution in [0.15, 0.2) is 114 Å². The van der Waals surface area contributed by atoms with Gasteiger partial charge in [0.15, 0.2) is 5.16 Å². The van der Waals surface area contributed by atoms with Crippen LogP contribution in [0.2, 0.25) is 0 Å². The van der Waals surface area contributed by atoms with Crippen LogP contribution in [-0.2, 0) is 4.79 Å². The van der Waals surface area contributed by atoms with Crippen LogP contribution in [0.4, 0.5) is 11.4 Å². The van der Waals surface area contributed by atoms with Crippen molar-refractivity contribution in [2.75, 3.05) is 19.1 Å². The number of nitrogens with one attached hydrogen (secondary N) is 1. The summed E-state index contributed by atoms with van der Waals surface area (Å²) < 4.78 is 10.7. The number of imidazole rings is 1. The maximum atomic E-state index is 14.1. The fraction of sp³-hybridized carbons (Fsp3) is 0.152. The average molecular weight is 550 g/mol. The molecule has 1 atom stereocenters. The smallest absolute Gasteiger partial charge is 0.245 e. The number of H-pyrrole nitrogens is 1. The highest BCUT2D eigenvalue weighted by Gasteiger charge is 2.28. The molecular weight excluding hydrogens is 518 g/mol. The number of benzene rings is 4. The number of rotatable bonds is 10. The number of thioether (sulfide) groups is 1. The van der Waals surface area contributed by atoms with Gasteiger partial charge in [0.25, 0.3) is 0 Å². The molecule has 1 heterocycles. The molecule has 202 valence electrons. The SMILES string of the molecule is CCC(Sc1nc(-c2ccc(OC)cc2)c(-c2ccc(OC)cc2)[nH]1)C(=O)N(c1ccccc1)c1ccccc1. The van der Waals surface area contributed by atoms with E-state index in [1.807, 2.05) is 116 Å². The number of aromatic amines is 1. The predicted molar refractivity (Wildman–Crippen MR) is 163 cm³/mol. The number of amides is 1. The minimum absolute atomic E-state index is 0.00158. The molecule has 5 aromatic rings. The van der Waals surface area contributed by atoms with Crippen LogP contribution in [0.25, 0.3) is 22.5 Å². The normalized spacial score (nSPS) is 11.6. The number of aromatic nitrogens is 2. The number of para-hydroxylation sites is 2. The van der Waals surface area contributed by atoms with Crippen molar-refractivity contribution < 1.29 is 14.3 Å². The van der Waals surface area contributed by atoms with Gasteiger partial charge in [-0.3, -0.25) is 9.69 Å². The first-order valence-electron chi connectivity index (χ1n) is 13.1. The molecule has 1 N–H and O–H groups in total. The quantitative estimate of drug-likeness (QED) is 0.179. The van der Waals surface area contributed by atoms with E-state index in [0.717, 1.165) is 45.4 Å². The van der Waals surface area contributed by atoms with E-state index in [1.54, 1.807) is 19.1 Å². The molecule has 1 unspecified atom stereocenters. The molecule has 7 heteroatoms. The van der Waals surface area contributed by atoms with Crippen molar-refractivity contribution in [3.63, 3.8) is 0 Å². The number of ether oxygens (including phenoxy) is 2. The number of methoxy groups -OCH3 is 2. The van der Waals surface area contributed by atoms with Crippen molar-refractivity contribution in [2.24, 2.45) is 0 Å². The Kier molecular flexibility index (Phi) is 8.52. The zero-order valence-corrected chi connectivity index (χ0v) is 23.5. The van der Waals surface area contributed by atoms with Gasteiger partial charge in [-0.2, -0.15) is 0 Å². The fourth-order valence-electron chi connectivity index (χ4n) is 4.48. The van der Waals surface area contributed by atoms with Gasteiger partial charge in [-0.05, 0) is 79.2 Å². The number of carbonyl (C=O) groups excluding carboxylic acids is 1. The monoisotopic (exact) mass is 549 g/mol. The van der Waals surface area contributed by atoms with Gasteiger partial charge in [-0.25, -0.2) is 4.98 Å². The van der Waals surface area contributed by atoms with Crippen molar-refractivity contribution in [1.29, 1.82) is 0 Å². The van der Waals surface area contributed by atoms with E-state index in [0.29, 0.717) is 11.6 Å². The Labute approximate surface area is 239 Å². The zero-order valence-electron chi connectivity index (χ0n) is 22.7. The van der Waals surface area contributed by atoms with Crippen LogP contribution < -0.4 is 14.4 Å². The average Bonchev–Trinajstić information content (AvgIpc) is 3.45. The minimum Gasteiger partial charge on any atom is -0.497 e. The second-order valence-corrected chi connectivity index (χ2v) is 10.3. The molecule has 0 fully saturated rings. The molecule has 0 aliphatic heterocycles. The summed E-state index contributed by atoms with van der Waals surface area (Å²) in [5.41, 5.74) is 5.26. The highest BCUT2D eigenvalue weighted by Crippen LogP contribution is 2.37. The lowest BCUT2D eigenvalue weighted by Crippen LogP contribution is -2.34. The molecule has 0 radical (unpaired) electrons. The van der Waals surface area contributed by atoms with E-state index >= 15 is 0 Å². The molecule has 4 aromatic carbocycles. The Balaban J connectivity index is 1.51. The minimum atomic E-state index is -0.362. The lowest BCUT2D eigenvalue weighted by molar-refractivity contribution is -0.117. The Bertz CT molecular complexity index is 1430. The second kappa shape index (κ2) is 12.6. The maximum absolute atomic E-state index is 14.1. The summed E-state index contributed by atoms with van der Waals surface area (Å²) in [6.07, 6.45) is 0.635. The van der Waals surface area contributed by atoms with Gasteiger partial charge in [-0.15, -0.1) is 0 Å². The van der Waals surface area contributed by atoms with Crippen molar-refractivity contribution in [2.45, 2.75) is 23.8 Å². The Hall–Kier alpha value is -4.49. The summed E-state index contributed by atoms with van der Waals surface area (Å²) in [6, 6.07) is 35.2.